The van der Waals surface area contributed by atoms with E-state index in [-0.39, 0.29) is 17.9 Å². The van der Waals surface area contributed by atoms with E-state index in [1.807, 2.05) is 29.2 Å². The SMILES string of the molecule is CC(C)COc1ccc(CNC(=O)N(Cc2ccc(F)c3cc[nH]c23)C2CCN(C)CC2)cc1. The summed E-state index contributed by atoms with van der Waals surface area (Å²) >= 11 is 0. The minimum absolute atomic E-state index is 0.0984. The number of carbonyl (C=O) groups excluding carboxylic acids is 1. The van der Waals surface area contributed by atoms with E-state index >= 15 is 0 Å². The average molecular weight is 467 g/mol. The van der Waals surface area contributed by atoms with Crippen molar-refractivity contribution < 1.29 is 13.9 Å². The minimum atomic E-state index is -0.254. The average Bonchev–Trinajstić information content (AvgIpc) is 3.33. The molecular weight excluding hydrogens is 431 g/mol. The number of halogens is 1. The Balaban J connectivity index is 1.45. The van der Waals surface area contributed by atoms with Crippen molar-refractivity contribution in [1.29, 1.82) is 0 Å². The summed E-state index contributed by atoms with van der Waals surface area (Å²) in [7, 11) is 2.11. The summed E-state index contributed by atoms with van der Waals surface area (Å²) in [5, 5.41) is 3.66. The third-order valence-electron chi connectivity index (χ3n) is 6.44. The number of likely N-dealkylation sites (tertiary alicyclic amines) is 1. The van der Waals surface area contributed by atoms with Crippen molar-refractivity contribution >= 4 is 16.9 Å². The number of piperidine rings is 1. The molecule has 2 heterocycles. The number of hydrogen-bond acceptors (Lipinski definition) is 3. The molecule has 1 aliphatic rings. The van der Waals surface area contributed by atoms with Gasteiger partial charge in [0.15, 0.2) is 0 Å². The zero-order valence-electron chi connectivity index (χ0n) is 20.3. The molecule has 0 spiro atoms. The zero-order valence-corrected chi connectivity index (χ0v) is 20.3. The van der Waals surface area contributed by atoms with Gasteiger partial charge in [-0.05, 0) is 74.3 Å². The fourth-order valence-corrected chi connectivity index (χ4v) is 4.42. The van der Waals surface area contributed by atoms with Crippen LogP contribution in [0.4, 0.5) is 9.18 Å². The largest absolute Gasteiger partial charge is 0.493 e. The smallest absolute Gasteiger partial charge is 0.318 e. The number of nitrogens with one attached hydrogen (secondary N) is 2. The Kier molecular flexibility index (Phi) is 7.73. The lowest BCUT2D eigenvalue weighted by Crippen LogP contribution is -2.49. The number of fused-ring (bicyclic) bond motifs is 1. The number of hydrogen-bond donors (Lipinski definition) is 2. The Bertz CT molecular complexity index is 1090. The lowest BCUT2D eigenvalue weighted by atomic mass is 10.0. The lowest BCUT2D eigenvalue weighted by Gasteiger charge is -2.37. The van der Waals surface area contributed by atoms with Crippen LogP contribution in [0.5, 0.6) is 5.75 Å². The van der Waals surface area contributed by atoms with E-state index in [2.05, 4.69) is 36.1 Å². The number of aromatic amines is 1. The molecule has 182 valence electrons. The molecule has 34 heavy (non-hydrogen) atoms. The number of carbonyl (C=O) groups is 1. The molecule has 2 aromatic carbocycles. The maximum Gasteiger partial charge on any atom is 0.318 e. The molecule has 0 saturated carbocycles. The number of H-pyrrole nitrogens is 1. The van der Waals surface area contributed by atoms with Gasteiger partial charge in [-0.3, -0.25) is 0 Å². The highest BCUT2D eigenvalue weighted by Gasteiger charge is 2.27. The first-order valence-corrected chi connectivity index (χ1v) is 12.1. The molecule has 1 saturated heterocycles. The second-order valence-electron chi connectivity index (χ2n) is 9.64. The van der Waals surface area contributed by atoms with Crippen LogP contribution in [0.2, 0.25) is 0 Å². The fourth-order valence-electron chi connectivity index (χ4n) is 4.42. The summed E-state index contributed by atoms with van der Waals surface area (Å²) in [6.07, 6.45) is 3.58. The normalized spacial score (nSPS) is 15.1. The van der Waals surface area contributed by atoms with Crippen LogP contribution < -0.4 is 10.1 Å². The van der Waals surface area contributed by atoms with Crippen LogP contribution >= 0.6 is 0 Å². The number of nitrogens with zero attached hydrogens (tertiary/aromatic N) is 2. The number of urea groups is 1. The van der Waals surface area contributed by atoms with Gasteiger partial charge in [-0.2, -0.15) is 0 Å². The highest BCUT2D eigenvalue weighted by Crippen LogP contribution is 2.25. The van der Waals surface area contributed by atoms with Gasteiger partial charge in [-0.25, -0.2) is 9.18 Å². The summed E-state index contributed by atoms with van der Waals surface area (Å²) in [4.78, 5) is 20.7. The lowest BCUT2D eigenvalue weighted by molar-refractivity contribution is 0.127. The summed E-state index contributed by atoms with van der Waals surface area (Å²) < 4.78 is 19.9. The van der Waals surface area contributed by atoms with Gasteiger partial charge in [0.1, 0.15) is 11.6 Å². The van der Waals surface area contributed by atoms with E-state index in [0.29, 0.717) is 31.0 Å². The standard InChI is InChI=1S/C27H35FN4O2/c1-19(2)18-34-23-7-4-20(5-8-23)16-30-27(33)32(22-11-14-31(3)15-12-22)17-21-6-9-25(28)24-10-13-29-26(21)24/h4-10,13,19,22,29H,11-12,14-18H2,1-3H3,(H,30,33). The van der Waals surface area contributed by atoms with Crippen LogP contribution in [0, 0.1) is 11.7 Å². The Morgan fingerprint density at radius 1 is 1.18 bits per heavy atom. The van der Waals surface area contributed by atoms with Gasteiger partial charge in [0.2, 0.25) is 0 Å². The highest BCUT2D eigenvalue weighted by molar-refractivity contribution is 5.84. The molecule has 7 heteroatoms. The topological polar surface area (TPSA) is 60.6 Å². The Morgan fingerprint density at radius 2 is 1.91 bits per heavy atom. The fraction of sp³-hybridized carbons (Fsp3) is 0.444. The van der Waals surface area contributed by atoms with Gasteiger partial charge in [0.25, 0.3) is 0 Å². The van der Waals surface area contributed by atoms with Crippen molar-refractivity contribution in [2.75, 3.05) is 26.7 Å². The summed E-state index contributed by atoms with van der Waals surface area (Å²) in [5.41, 5.74) is 2.69. The summed E-state index contributed by atoms with van der Waals surface area (Å²) in [6, 6.07) is 12.9. The van der Waals surface area contributed by atoms with Gasteiger partial charge < -0.3 is 24.8 Å². The zero-order chi connectivity index (χ0) is 24.1. The van der Waals surface area contributed by atoms with Crippen LogP contribution in [-0.2, 0) is 13.1 Å². The first-order chi connectivity index (χ1) is 16.4. The van der Waals surface area contributed by atoms with E-state index in [1.165, 1.54) is 6.07 Å². The first-order valence-electron chi connectivity index (χ1n) is 12.1. The highest BCUT2D eigenvalue weighted by atomic mass is 19.1. The Labute approximate surface area is 201 Å². The predicted molar refractivity (Wildman–Crippen MR) is 133 cm³/mol. The van der Waals surface area contributed by atoms with E-state index < -0.39 is 0 Å². The van der Waals surface area contributed by atoms with E-state index in [9.17, 15) is 9.18 Å². The second kappa shape index (κ2) is 10.9. The number of benzene rings is 2. The van der Waals surface area contributed by atoms with Gasteiger partial charge in [0, 0.05) is 30.7 Å². The Morgan fingerprint density at radius 3 is 2.62 bits per heavy atom. The third kappa shape index (κ3) is 5.89. The van der Waals surface area contributed by atoms with Gasteiger partial charge in [-0.15, -0.1) is 0 Å². The van der Waals surface area contributed by atoms with Crippen LogP contribution in [0.1, 0.15) is 37.8 Å². The van der Waals surface area contributed by atoms with Crippen molar-refractivity contribution in [3.63, 3.8) is 0 Å². The summed E-state index contributed by atoms with van der Waals surface area (Å²) in [6.45, 7) is 7.69. The third-order valence-corrected chi connectivity index (χ3v) is 6.44. The van der Waals surface area contributed by atoms with Crippen LogP contribution in [-0.4, -0.2) is 53.6 Å². The van der Waals surface area contributed by atoms with Gasteiger partial charge >= 0.3 is 6.03 Å². The first kappa shape index (κ1) is 24.1. The maximum atomic E-state index is 14.2. The van der Waals surface area contributed by atoms with Crippen LogP contribution in [0.15, 0.2) is 48.7 Å². The molecular formula is C27H35FN4O2. The second-order valence-corrected chi connectivity index (χ2v) is 9.64. The number of rotatable bonds is 8. The molecule has 0 bridgehead atoms. The minimum Gasteiger partial charge on any atom is -0.493 e. The van der Waals surface area contributed by atoms with Crippen LogP contribution in [0.3, 0.4) is 0 Å². The van der Waals surface area contributed by atoms with Crippen molar-refractivity contribution in [2.24, 2.45) is 5.92 Å². The molecule has 0 radical (unpaired) electrons. The molecule has 0 aliphatic carbocycles. The monoisotopic (exact) mass is 466 g/mol. The molecule has 4 rings (SSSR count). The molecule has 2 N–H and O–H groups in total. The van der Waals surface area contributed by atoms with Crippen molar-refractivity contribution in [2.45, 2.75) is 45.8 Å². The van der Waals surface area contributed by atoms with Crippen LogP contribution in [0.25, 0.3) is 10.9 Å². The molecule has 2 amide bonds. The van der Waals surface area contributed by atoms with Crippen molar-refractivity contribution in [1.82, 2.24) is 20.1 Å². The Hall–Kier alpha value is -3.06. The molecule has 0 atom stereocenters. The number of ether oxygens (including phenoxy) is 1. The molecule has 1 aliphatic heterocycles. The molecule has 3 aromatic rings. The molecule has 1 aromatic heterocycles. The molecule has 1 fully saturated rings. The number of amides is 2. The molecule has 6 nitrogen and oxygen atoms in total. The quantitative estimate of drug-likeness (QED) is 0.483. The summed E-state index contributed by atoms with van der Waals surface area (Å²) in [5.74, 6) is 1.05. The maximum absolute atomic E-state index is 14.2. The van der Waals surface area contributed by atoms with E-state index in [1.54, 1.807) is 18.3 Å². The molecule has 0 unspecified atom stereocenters. The predicted octanol–water partition coefficient (Wildman–Crippen LogP) is 5.15. The number of aromatic nitrogens is 1. The van der Waals surface area contributed by atoms with Gasteiger partial charge in [0.05, 0.1) is 12.1 Å². The van der Waals surface area contributed by atoms with Gasteiger partial charge in [-0.1, -0.05) is 32.0 Å². The van der Waals surface area contributed by atoms with E-state index in [4.69, 9.17) is 4.74 Å². The van der Waals surface area contributed by atoms with Crippen molar-refractivity contribution in [3.05, 3.63) is 65.6 Å². The van der Waals surface area contributed by atoms with Crippen molar-refractivity contribution in [3.8, 4) is 5.75 Å². The van der Waals surface area contributed by atoms with E-state index in [0.717, 1.165) is 48.3 Å².